The van der Waals surface area contributed by atoms with Crippen molar-refractivity contribution in [2.45, 2.75) is 25.8 Å². The predicted octanol–water partition coefficient (Wildman–Crippen LogP) is 4.26. The van der Waals surface area contributed by atoms with Crippen molar-refractivity contribution >= 4 is 22.5 Å². The fraction of sp³-hybridized carbons (Fsp3) is 0.280. The summed E-state index contributed by atoms with van der Waals surface area (Å²) in [7, 11) is 0. The molecule has 1 aliphatic carbocycles. The van der Waals surface area contributed by atoms with Gasteiger partial charge in [0.1, 0.15) is 11.9 Å². The van der Waals surface area contributed by atoms with Crippen LogP contribution in [0.3, 0.4) is 0 Å². The molecule has 0 radical (unpaired) electrons. The van der Waals surface area contributed by atoms with Crippen molar-refractivity contribution in [2.75, 3.05) is 18.0 Å². The molecule has 0 amide bonds. The molecule has 1 spiro atoms. The van der Waals surface area contributed by atoms with Crippen LogP contribution in [-0.4, -0.2) is 28.5 Å². The van der Waals surface area contributed by atoms with Gasteiger partial charge in [0.05, 0.1) is 16.6 Å². The SMILES string of the molecule is Cc1c(-c2ccccc2)c(N2CCC3(CC3N)C2)n2c(nc3ccccc32)c1C#N. The molecular weight excluding hydrogens is 370 g/mol. The van der Waals surface area contributed by atoms with Crippen LogP contribution >= 0.6 is 0 Å². The van der Waals surface area contributed by atoms with Gasteiger partial charge in [-0.25, -0.2) is 4.98 Å². The van der Waals surface area contributed by atoms with E-state index in [0.717, 1.165) is 65.1 Å². The molecule has 2 N–H and O–H groups in total. The van der Waals surface area contributed by atoms with Crippen LogP contribution in [0.2, 0.25) is 0 Å². The smallest absolute Gasteiger partial charge is 0.157 e. The van der Waals surface area contributed by atoms with Gasteiger partial charge in [-0.05, 0) is 43.0 Å². The highest BCUT2D eigenvalue weighted by molar-refractivity contribution is 5.92. The molecule has 30 heavy (non-hydrogen) atoms. The Bertz CT molecular complexity index is 1350. The second-order valence-electron chi connectivity index (χ2n) is 8.78. The Kier molecular flexibility index (Phi) is 3.54. The van der Waals surface area contributed by atoms with Crippen molar-refractivity contribution in [1.29, 1.82) is 5.26 Å². The summed E-state index contributed by atoms with van der Waals surface area (Å²) in [6.07, 6.45) is 2.23. The maximum atomic E-state index is 10.1. The van der Waals surface area contributed by atoms with E-state index >= 15 is 0 Å². The quantitative estimate of drug-likeness (QED) is 0.552. The van der Waals surface area contributed by atoms with Gasteiger partial charge in [-0.1, -0.05) is 42.5 Å². The predicted molar refractivity (Wildman–Crippen MR) is 119 cm³/mol. The lowest BCUT2D eigenvalue weighted by Crippen LogP contribution is -2.26. The molecule has 2 aromatic heterocycles. The van der Waals surface area contributed by atoms with Gasteiger partial charge in [0, 0.05) is 30.1 Å². The number of aromatic nitrogens is 2. The Morgan fingerprint density at radius 1 is 1.13 bits per heavy atom. The van der Waals surface area contributed by atoms with Crippen LogP contribution in [0.25, 0.3) is 27.8 Å². The van der Waals surface area contributed by atoms with Crippen LogP contribution in [0.15, 0.2) is 54.6 Å². The third-order valence-electron chi connectivity index (χ3n) is 7.08. The molecule has 1 saturated carbocycles. The van der Waals surface area contributed by atoms with Crippen LogP contribution in [0.1, 0.15) is 24.0 Å². The molecule has 5 nitrogen and oxygen atoms in total. The second-order valence-corrected chi connectivity index (χ2v) is 8.78. The van der Waals surface area contributed by atoms with Crippen LogP contribution in [0.4, 0.5) is 5.82 Å². The monoisotopic (exact) mass is 393 g/mol. The van der Waals surface area contributed by atoms with E-state index in [4.69, 9.17) is 10.7 Å². The number of hydrogen-bond donors (Lipinski definition) is 1. The van der Waals surface area contributed by atoms with E-state index in [0.29, 0.717) is 11.6 Å². The van der Waals surface area contributed by atoms with Crippen molar-refractivity contribution in [2.24, 2.45) is 11.1 Å². The van der Waals surface area contributed by atoms with Gasteiger partial charge in [0.2, 0.25) is 0 Å². The lowest BCUT2D eigenvalue weighted by molar-refractivity contribution is 0.553. The van der Waals surface area contributed by atoms with E-state index in [2.05, 4.69) is 52.6 Å². The number of para-hydroxylation sites is 2. The first-order chi connectivity index (χ1) is 14.6. The summed E-state index contributed by atoms with van der Waals surface area (Å²) in [5.74, 6) is 1.14. The highest BCUT2D eigenvalue weighted by Crippen LogP contribution is 2.53. The Balaban J connectivity index is 1.74. The van der Waals surface area contributed by atoms with Gasteiger partial charge >= 0.3 is 0 Å². The highest BCUT2D eigenvalue weighted by atomic mass is 15.3. The molecule has 148 valence electrons. The van der Waals surface area contributed by atoms with Gasteiger partial charge in [-0.3, -0.25) is 4.40 Å². The number of hydrogen-bond acceptors (Lipinski definition) is 4. The normalized spacial score (nSPS) is 22.8. The summed E-state index contributed by atoms with van der Waals surface area (Å²) < 4.78 is 2.20. The first-order valence-corrected chi connectivity index (χ1v) is 10.5. The van der Waals surface area contributed by atoms with E-state index in [1.54, 1.807) is 0 Å². The first-order valence-electron chi connectivity index (χ1n) is 10.5. The molecule has 2 atom stereocenters. The molecule has 2 aromatic carbocycles. The van der Waals surface area contributed by atoms with Crippen LogP contribution in [0.5, 0.6) is 0 Å². The standard InChI is InChI=1S/C25H23N5/c1-16-18(14-26)23-28-19-9-5-6-10-20(19)30(23)24(22(16)17-7-3-2-4-8-17)29-12-11-25(15-29)13-21(25)27/h2-10,21H,11-13,15,27H2,1H3. The molecule has 2 aliphatic rings. The average molecular weight is 393 g/mol. The Morgan fingerprint density at radius 2 is 1.87 bits per heavy atom. The zero-order valence-corrected chi connectivity index (χ0v) is 17.0. The average Bonchev–Trinajstić information content (AvgIpc) is 3.08. The Morgan fingerprint density at radius 3 is 2.57 bits per heavy atom. The summed E-state index contributed by atoms with van der Waals surface area (Å²) in [5, 5.41) is 10.1. The van der Waals surface area contributed by atoms with Gasteiger partial charge in [-0.15, -0.1) is 0 Å². The number of nitriles is 1. The number of nitrogens with two attached hydrogens (primary N) is 1. The maximum absolute atomic E-state index is 10.1. The molecule has 1 aliphatic heterocycles. The van der Waals surface area contributed by atoms with Crippen LogP contribution < -0.4 is 10.6 Å². The second kappa shape index (κ2) is 6.07. The van der Waals surface area contributed by atoms with E-state index in [-0.39, 0.29) is 5.41 Å². The van der Waals surface area contributed by atoms with Crippen molar-refractivity contribution in [3.05, 3.63) is 65.7 Å². The van der Waals surface area contributed by atoms with Gasteiger partial charge < -0.3 is 10.6 Å². The molecule has 2 unspecified atom stereocenters. The molecule has 0 bridgehead atoms. The Hall–Kier alpha value is -3.36. The number of imidazole rings is 1. The van der Waals surface area contributed by atoms with Crippen molar-refractivity contribution in [3.63, 3.8) is 0 Å². The minimum Gasteiger partial charge on any atom is -0.357 e. The molecule has 3 heterocycles. The van der Waals surface area contributed by atoms with Crippen molar-refractivity contribution in [1.82, 2.24) is 9.38 Å². The molecule has 6 rings (SSSR count). The van der Waals surface area contributed by atoms with Gasteiger partial charge in [-0.2, -0.15) is 5.26 Å². The number of nitrogens with zero attached hydrogens (tertiary/aromatic N) is 4. The highest BCUT2D eigenvalue weighted by Gasteiger charge is 2.56. The summed E-state index contributed by atoms with van der Waals surface area (Å²) in [6.45, 7) is 3.99. The zero-order chi connectivity index (χ0) is 20.5. The number of anilines is 1. The summed E-state index contributed by atoms with van der Waals surface area (Å²) in [5.41, 5.74) is 13.1. The van der Waals surface area contributed by atoms with Gasteiger partial charge in [0.15, 0.2) is 5.65 Å². The summed E-state index contributed by atoms with van der Waals surface area (Å²) in [6, 6.07) is 21.3. The Labute approximate surface area is 175 Å². The molecule has 5 heteroatoms. The maximum Gasteiger partial charge on any atom is 0.157 e. The largest absolute Gasteiger partial charge is 0.357 e. The third-order valence-corrected chi connectivity index (χ3v) is 7.08. The number of pyridine rings is 1. The topological polar surface area (TPSA) is 70.3 Å². The molecule has 1 saturated heterocycles. The van der Waals surface area contributed by atoms with Crippen molar-refractivity contribution in [3.8, 4) is 17.2 Å². The lowest BCUT2D eigenvalue weighted by atomic mass is 9.97. The third kappa shape index (κ3) is 2.28. The molecule has 2 fully saturated rings. The first kappa shape index (κ1) is 17.5. The van der Waals surface area contributed by atoms with Crippen LogP contribution in [-0.2, 0) is 0 Å². The number of fused-ring (bicyclic) bond motifs is 3. The fourth-order valence-corrected chi connectivity index (χ4v) is 5.29. The van der Waals surface area contributed by atoms with Gasteiger partial charge in [0.25, 0.3) is 0 Å². The van der Waals surface area contributed by atoms with E-state index in [9.17, 15) is 5.26 Å². The number of benzene rings is 2. The molecule has 4 aromatic rings. The van der Waals surface area contributed by atoms with Crippen molar-refractivity contribution < 1.29 is 0 Å². The summed E-state index contributed by atoms with van der Waals surface area (Å²) >= 11 is 0. The zero-order valence-electron chi connectivity index (χ0n) is 17.0. The van der Waals surface area contributed by atoms with E-state index in [1.807, 2.05) is 24.3 Å². The minimum atomic E-state index is 0.248. The van der Waals surface area contributed by atoms with E-state index < -0.39 is 0 Å². The molecular formula is C25H23N5. The lowest BCUT2D eigenvalue weighted by Gasteiger charge is -2.26. The summed E-state index contributed by atoms with van der Waals surface area (Å²) in [4.78, 5) is 7.35. The minimum absolute atomic E-state index is 0.248. The van der Waals surface area contributed by atoms with E-state index in [1.165, 1.54) is 0 Å². The fourth-order valence-electron chi connectivity index (χ4n) is 5.29. The van der Waals surface area contributed by atoms with Crippen LogP contribution in [0, 0.1) is 23.7 Å². The number of rotatable bonds is 2.